The summed E-state index contributed by atoms with van der Waals surface area (Å²) in [5.74, 6) is 0.401. The third-order valence-electron chi connectivity index (χ3n) is 4.10. The Labute approximate surface area is 150 Å². The average Bonchev–Trinajstić information content (AvgIpc) is 3.06. The quantitative estimate of drug-likeness (QED) is 0.517. The number of esters is 1. The van der Waals surface area contributed by atoms with Crippen LogP contribution in [0.1, 0.15) is 5.56 Å². The van der Waals surface area contributed by atoms with E-state index in [1.165, 1.54) is 0 Å². The van der Waals surface area contributed by atoms with Gasteiger partial charge in [0, 0.05) is 18.0 Å². The number of aromatic nitrogens is 3. The number of hydrogen-bond donors (Lipinski definition) is 0. The van der Waals surface area contributed by atoms with E-state index < -0.39 is 0 Å². The minimum atomic E-state index is -0.304. The maximum atomic E-state index is 12.4. The lowest BCUT2D eigenvalue weighted by molar-refractivity contribution is -0.145. The molecule has 0 saturated heterocycles. The maximum absolute atomic E-state index is 12.4. The molecular formula is C21H17N3O2. The number of pyridine rings is 1. The van der Waals surface area contributed by atoms with Gasteiger partial charge >= 0.3 is 5.97 Å². The SMILES string of the molecule is O=C(Cn1c(-c2cccnc2)nc2ccccc21)OCc1ccccc1. The van der Waals surface area contributed by atoms with Gasteiger partial charge in [0.15, 0.2) is 0 Å². The molecule has 5 nitrogen and oxygen atoms in total. The number of ether oxygens (including phenoxy) is 1. The fraction of sp³-hybridized carbons (Fsp3) is 0.0952. The number of benzene rings is 2. The van der Waals surface area contributed by atoms with E-state index in [9.17, 15) is 4.79 Å². The molecule has 0 saturated carbocycles. The second-order valence-corrected chi connectivity index (χ2v) is 5.90. The van der Waals surface area contributed by atoms with Gasteiger partial charge in [0.05, 0.1) is 11.0 Å². The summed E-state index contributed by atoms with van der Waals surface area (Å²) in [4.78, 5) is 21.3. The Bertz CT molecular complexity index is 1030. The molecule has 4 aromatic rings. The smallest absolute Gasteiger partial charge is 0.326 e. The molecule has 0 fully saturated rings. The summed E-state index contributed by atoms with van der Waals surface area (Å²) in [7, 11) is 0. The number of imidazole rings is 1. The number of nitrogens with zero attached hydrogens (tertiary/aromatic N) is 3. The molecule has 2 heterocycles. The third kappa shape index (κ3) is 3.32. The van der Waals surface area contributed by atoms with Crippen molar-refractivity contribution in [2.45, 2.75) is 13.2 Å². The van der Waals surface area contributed by atoms with E-state index in [0.29, 0.717) is 5.82 Å². The number of carbonyl (C=O) groups excluding carboxylic acids is 1. The minimum Gasteiger partial charge on any atom is -0.459 e. The first kappa shape index (κ1) is 16.0. The van der Waals surface area contributed by atoms with Crippen LogP contribution in [-0.4, -0.2) is 20.5 Å². The lowest BCUT2D eigenvalue weighted by atomic mass is 10.2. The Morgan fingerprint density at radius 1 is 0.962 bits per heavy atom. The van der Waals surface area contributed by atoms with E-state index in [1.54, 1.807) is 12.4 Å². The predicted molar refractivity (Wildman–Crippen MR) is 99.2 cm³/mol. The number of hydrogen-bond acceptors (Lipinski definition) is 4. The van der Waals surface area contributed by atoms with E-state index in [2.05, 4.69) is 9.97 Å². The van der Waals surface area contributed by atoms with Crippen LogP contribution in [0.15, 0.2) is 79.1 Å². The summed E-state index contributed by atoms with van der Waals surface area (Å²) in [5.41, 5.74) is 3.55. The summed E-state index contributed by atoms with van der Waals surface area (Å²) >= 11 is 0. The molecule has 0 bridgehead atoms. The van der Waals surface area contributed by atoms with Crippen LogP contribution in [0.3, 0.4) is 0 Å². The zero-order chi connectivity index (χ0) is 17.8. The first-order chi connectivity index (χ1) is 12.8. The van der Waals surface area contributed by atoms with Crippen LogP contribution < -0.4 is 0 Å². The summed E-state index contributed by atoms with van der Waals surface area (Å²) in [6.07, 6.45) is 3.46. The Hall–Kier alpha value is -3.47. The topological polar surface area (TPSA) is 57.0 Å². The Kier molecular flexibility index (Phi) is 4.43. The van der Waals surface area contributed by atoms with Crippen molar-refractivity contribution >= 4 is 17.0 Å². The van der Waals surface area contributed by atoms with Gasteiger partial charge in [-0.1, -0.05) is 42.5 Å². The average molecular weight is 343 g/mol. The van der Waals surface area contributed by atoms with Crippen molar-refractivity contribution in [1.82, 2.24) is 14.5 Å². The van der Waals surface area contributed by atoms with Crippen LogP contribution in [0.5, 0.6) is 0 Å². The highest BCUT2D eigenvalue weighted by Gasteiger charge is 2.16. The van der Waals surface area contributed by atoms with E-state index in [-0.39, 0.29) is 19.1 Å². The van der Waals surface area contributed by atoms with Crippen molar-refractivity contribution < 1.29 is 9.53 Å². The fourth-order valence-corrected chi connectivity index (χ4v) is 2.86. The van der Waals surface area contributed by atoms with Crippen molar-refractivity contribution in [3.63, 3.8) is 0 Å². The maximum Gasteiger partial charge on any atom is 0.326 e. The van der Waals surface area contributed by atoms with Crippen LogP contribution in [0.2, 0.25) is 0 Å². The van der Waals surface area contributed by atoms with Gasteiger partial charge in [-0.05, 0) is 29.8 Å². The summed E-state index contributed by atoms with van der Waals surface area (Å²) < 4.78 is 7.31. The monoisotopic (exact) mass is 343 g/mol. The summed E-state index contributed by atoms with van der Waals surface area (Å²) in [5, 5.41) is 0. The highest BCUT2D eigenvalue weighted by atomic mass is 16.5. The molecule has 5 heteroatoms. The fourth-order valence-electron chi connectivity index (χ4n) is 2.86. The van der Waals surface area contributed by atoms with E-state index in [4.69, 9.17) is 4.74 Å². The molecule has 0 atom stereocenters. The molecule has 0 aliphatic heterocycles. The largest absolute Gasteiger partial charge is 0.459 e. The lowest BCUT2D eigenvalue weighted by Crippen LogP contribution is -2.14. The van der Waals surface area contributed by atoms with Crippen molar-refractivity contribution in [1.29, 1.82) is 0 Å². The Morgan fingerprint density at radius 3 is 2.58 bits per heavy atom. The molecule has 4 rings (SSSR count). The van der Waals surface area contributed by atoms with Crippen molar-refractivity contribution in [2.24, 2.45) is 0 Å². The van der Waals surface area contributed by atoms with Crippen LogP contribution in [0.25, 0.3) is 22.4 Å². The molecule has 0 unspecified atom stereocenters. The van der Waals surface area contributed by atoms with Gasteiger partial charge in [0.1, 0.15) is 19.0 Å². The normalized spacial score (nSPS) is 10.8. The van der Waals surface area contributed by atoms with Crippen molar-refractivity contribution in [2.75, 3.05) is 0 Å². The first-order valence-corrected chi connectivity index (χ1v) is 8.36. The van der Waals surface area contributed by atoms with Gasteiger partial charge in [-0.15, -0.1) is 0 Å². The predicted octanol–water partition coefficient (Wildman–Crippen LogP) is 3.84. The first-order valence-electron chi connectivity index (χ1n) is 8.36. The van der Waals surface area contributed by atoms with Crippen molar-refractivity contribution in [3.8, 4) is 11.4 Å². The van der Waals surface area contributed by atoms with Gasteiger partial charge in [0.25, 0.3) is 0 Å². The van der Waals surface area contributed by atoms with E-state index >= 15 is 0 Å². The molecular weight excluding hydrogens is 326 g/mol. The molecule has 0 N–H and O–H groups in total. The number of para-hydroxylation sites is 2. The van der Waals surface area contributed by atoms with E-state index in [0.717, 1.165) is 22.2 Å². The summed E-state index contributed by atoms with van der Waals surface area (Å²) in [6.45, 7) is 0.353. The Morgan fingerprint density at radius 2 is 1.77 bits per heavy atom. The second-order valence-electron chi connectivity index (χ2n) is 5.90. The van der Waals surface area contributed by atoms with Crippen LogP contribution in [0, 0.1) is 0 Å². The molecule has 0 radical (unpaired) electrons. The molecule has 0 amide bonds. The number of rotatable bonds is 5. The zero-order valence-electron chi connectivity index (χ0n) is 14.1. The van der Waals surface area contributed by atoms with Crippen LogP contribution in [0.4, 0.5) is 0 Å². The number of carbonyl (C=O) groups is 1. The molecule has 0 aliphatic carbocycles. The standard InChI is InChI=1S/C21H17N3O2/c25-20(26-15-16-7-2-1-3-8-16)14-24-19-11-5-4-10-18(19)23-21(24)17-9-6-12-22-13-17/h1-13H,14-15H2. The molecule has 2 aromatic carbocycles. The molecule has 0 spiro atoms. The van der Waals surface area contributed by atoms with Gasteiger partial charge in [-0.2, -0.15) is 0 Å². The molecule has 0 aliphatic rings. The summed E-state index contributed by atoms with van der Waals surface area (Å²) in [6, 6.07) is 21.2. The van der Waals surface area contributed by atoms with E-state index in [1.807, 2.05) is 71.3 Å². The molecule has 26 heavy (non-hydrogen) atoms. The van der Waals surface area contributed by atoms with Crippen LogP contribution >= 0.6 is 0 Å². The zero-order valence-corrected chi connectivity index (χ0v) is 14.1. The van der Waals surface area contributed by atoms with Gasteiger partial charge in [-0.25, -0.2) is 4.98 Å². The lowest BCUT2D eigenvalue weighted by Gasteiger charge is -2.09. The molecule has 128 valence electrons. The molecule has 2 aromatic heterocycles. The highest BCUT2D eigenvalue weighted by molar-refractivity contribution is 5.83. The van der Waals surface area contributed by atoms with Crippen LogP contribution in [-0.2, 0) is 22.7 Å². The van der Waals surface area contributed by atoms with Gasteiger partial charge in [0.2, 0.25) is 0 Å². The third-order valence-corrected chi connectivity index (χ3v) is 4.10. The Balaban J connectivity index is 1.61. The van der Waals surface area contributed by atoms with Gasteiger partial charge in [-0.3, -0.25) is 9.78 Å². The highest BCUT2D eigenvalue weighted by Crippen LogP contribution is 2.24. The van der Waals surface area contributed by atoms with Gasteiger partial charge < -0.3 is 9.30 Å². The second kappa shape index (κ2) is 7.19. The number of fused-ring (bicyclic) bond motifs is 1. The minimum absolute atomic E-state index is 0.0948. The van der Waals surface area contributed by atoms with Crippen molar-refractivity contribution in [3.05, 3.63) is 84.7 Å².